The predicted octanol–water partition coefficient (Wildman–Crippen LogP) is 3.71. The van der Waals surface area contributed by atoms with Crippen molar-refractivity contribution in [1.82, 2.24) is 9.80 Å². The van der Waals surface area contributed by atoms with Crippen molar-refractivity contribution in [2.24, 2.45) is 0 Å². The number of likely N-dealkylation sites (tertiary alicyclic amines) is 1. The van der Waals surface area contributed by atoms with Crippen molar-refractivity contribution in [3.8, 4) is 0 Å². The predicted molar refractivity (Wildman–Crippen MR) is 94.9 cm³/mol. The summed E-state index contributed by atoms with van der Waals surface area (Å²) in [5.74, 6) is 0. The standard InChI is InChI=1S/C17H20F3N3O2S/c18-17(19,20)13-4-1-2-5-14(13)21-15(26)22-9-6-12(7-10-22)23-8-3-11-25-16(23)24/h1-2,4-5,12H,3,6-11H2,(H,21,26). The summed E-state index contributed by atoms with van der Waals surface area (Å²) in [7, 11) is 0. The number of cyclic esters (lactones) is 1. The van der Waals surface area contributed by atoms with Crippen molar-refractivity contribution >= 4 is 29.1 Å². The Hall–Kier alpha value is -2.03. The van der Waals surface area contributed by atoms with Crippen molar-refractivity contribution in [2.45, 2.75) is 31.5 Å². The molecule has 1 amide bonds. The van der Waals surface area contributed by atoms with Gasteiger partial charge < -0.3 is 19.9 Å². The lowest BCUT2D eigenvalue weighted by Gasteiger charge is -2.40. The van der Waals surface area contributed by atoms with Gasteiger partial charge in [-0.05, 0) is 43.6 Å². The molecule has 1 aromatic carbocycles. The van der Waals surface area contributed by atoms with Gasteiger partial charge in [0.1, 0.15) is 0 Å². The van der Waals surface area contributed by atoms with Crippen molar-refractivity contribution in [3.63, 3.8) is 0 Å². The molecule has 0 aromatic heterocycles. The number of amides is 1. The molecule has 5 nitrogen and oxygen atoms in total. The maximum atomic E-state index is 13.1. The summed E-state index contributed by atoms with van der Waals surface area (Å²) in [6, 6.07) is 5.36. The second-order valence-electron chi connectivity index (χ2n) is 6.35. The number of hydrogen-bond acceptors (Lipinski definition) is 3. The molecule has 2 saturated heterocycles. The molecule has 0 bridgehead atoms. The number of thiocarbonyl (C=S) groups is 1. The first-order valence-electron chi connectivity index (χ1n) is 8.52. The van der Waals surface area contributed by atoms with E-state index in [1.54, 1.807) is 4.90 Å². The first-order chi connectivity index (χ1) is 12.4. The molecule has 2 aliphatic rings. The molecule has 2 aliphatic heterocycles. The number of benzene rings is 1. The second-order valence-corrected chi connectivity index (χ2v) is 6.74. The fourth-order valence-corrected chi connectivity index (χ4v) is 3.61. The molecule has 1 aromatic rings. The van der Waals surface area contributed by atoms with Crippen LogP contribution in [0.5, 0.6) is 0 Å². The molecule has 26 heavy (non-hydrogen) atoms. The Balaban J connectivity index is 1.59. The summed E-state index contributed by atoms with van der Waals surface area (Å²) in [5.41, 5.74) is -0.792. The summed E-state index contributed by atoms with van der Waals surface area (Å²) in [6.07, 6.45) is -2.49. The van der Waals surface area contributed by atoms with E-state index in [0.29, 0.717) is 39.1 Å². The maximum Gasteiger partial charge on any atom is 0.418 e. The van der Waals surface area contributed by atoms with E-state index in [2.05, 4.69) is 5.32 Å². The van der Waals surface area contributed by atoms with Crippen molar-refractivity contribution in [3.05, 3.63) is 29.8 Å². The Morgan fingerprint density at radius 3 is 2.54 bits per heavy atom. The zero-order valence-electron chi connectivity index (χ0n) is 14.1. The SMILES string of the molecule is O=C1OCCCN1C1CCN(C(=S)Nc2ccccc2C(F)(F)F)CC1. The van der Waals surface area contributed by atoms with Crippen molar-refractivity contribution in [1.29, 1.82) is 0 Å². The van der Waals surface area contributed by atoms with Gasteiger partial charge in [0.2, 0.25) is 0 Å². The topological polar surface area (TPSA) is 44.8 Å². The Morgan fingerprint density at radius 1 is 1.19 bits per heavy atom. The third kappa shape index (κ3) is 4.20. The van der Waals surface area contributed by atoms with E-state index < -0.39 is 11.7 Å². The fourth-order valence-electron chi connectivity index (χ4n) is 3.31. The summed E-state index contributed by atoms with van der Waals surface area (Å²) in [5, 5.41) is 2.99. The normalized spacial score (nSPS) is 19.3. The number of nitrogens with one attached hydrogen (secondary N) is 1. The van der Waals surface area contributed by atoms with Gasteiger partial charge in [0.05, 0.1) is 17.9 Å². The van der Waals surface area contributed by atoms with Crippen LogP contribution in [0.2, 0.25) is 0 Å². The van der Waals surface area contributed by atoms with Crippen LogP contribution in [-0.4, -0.2) is 53.3 Å². The zero-order chi connectivity index (χ0) is 18.7. The molecule has 0 radical (unpaired) electrons. The Bertz CT molecular complexity index is 675. The lowest BCUT2D eigenvalue weighted by Crippen LogP contribution is -2.51. The number of rotatable bonds is 2. The highest BCUT2D eigenvalue weighted by Gasteiger charge is 2.34. The van der Waals surface area contributed by atoms with Gasteiger partial charge in [-0.25, -0.2) is 4.79 Å². The van der Waals surface area contributed by atoms with Gasteiger partial charge in [-0.3, -0.25) is 0 Å². The highest BCUT2D eigenvalue weighted by atomic mass is 32.1. The molecule has 0 atom stereocenters. The molecule has 1 N–H and O–H groups in total. The van der Waals surface area contributed by atoms with Gasteiger partial charge in [-0.1, -0.05) is 12.1 Å². The van der Waals surface area contributed by atoms with Crippen LogP contribution in [0.3, 0.4) is 0 Å². The average molecular weight is 387 g/mol. The number of ether oxygens (including phenoxy) is 1. The van der Waals surface area contributed by atoms with Crippen LogP contribution in [-0.2, 0) is 10.9 Å². The average Bonchev–Trinajstić information content (AvgIpc) is 2.62. The summed E-state index contributed by atoms with van der Waals surface area (Å²) < 4.78 is 44.3. The van der Waals surface area contributed by atoms with Gasteiger partial charge in [0.15, 0.2) is 5.11 Å². The van der Waals surface area contributed by atoms with E-state index in [1.165, 1.54) is 18.2 Å². The number of piperidine rings is 1. The first-order valence-corrected chi connectivity index (χ1v) is 8.92. The van der Waals surface area contributed by atoms with Crippen LogP contribution in [0.4, 0.5) is 23.7 Å². The molecular weight excluding hydrogens is 367 g/mol. The van der Waals surface area contributed by atoms with Crippen LogP contribution in [0.25, 0.3) is 0 Å². The first kappa shape index (κ1) is 18.8. The highest BCUT2D eigenvalue weighted by Crippen LogP contribution is 2.34. The molecule has 0 unspecified atom stereocenters. The Morgan fingerprint density at radius 2 is 1.88 bits per heavy atom. The van der Waals surface area contributed by atoms with Gasteiger partial charge >= 0.3 is 12.3 Å². The molecular formula is C17H20F3N3O2S. The number of halogens is 3. The van der Waals surface area contributed by atoms with E-state index in [1.807, 2.05) is 4.90 Å². The Kier molecular flexibility index (Phi) is 5.55. The highest BCUT2D eigenvalue weighted by molar-refractivity contribution is 7.80. The number of carbonyl (C=O) groups excluding carboxylic acids is 1. The van der Waals surface area contributed by atoms with Crippen molar-refractivity contribution in [2.75, 3.05) is 31.6 Å². The van der Waals surface area contributed by atoms with E-state index in [-0.39, 0.29) is 22.9 Å². The summed E-state index contributed by atoms with van der Waals surface area (Å²) in [4.78, 5) is 15.4. The maximum absolute atomic E-state index is 13.1. The minimum Gasteiger partial charge on any atom is -0.449 e. The van der Waals surface area contributed by atoms with Gasteiger partial charge in [-0.2, -0.15) is 13.2 Å². The lowest BCUT2D eigenvalue weighted by atomic mass is 10.0. The summed E-state index contributed by atoms with van der Waals surface area (Å²) >= 11 is 5.30. The fraction of sp³-hybridized carbons (Fsp3) is 0.529. The molecule has 2 fully saturated rings. The third-order valence-corrected chi connectivity index (χ3v) is 5.03. The largest absolute Gasteiger partial charge is 0.449 e. The van der Waals surface area contributed by atoms with Crippen LogP contribution in [0.15, 0.2) is 24.3 Å². The number of nitrogens with zero attached hydrogens (tertiary/aromatic N) is 2. The van der Waals surface area contributed by atoms with Gasteiger partial charge in [0.25, 0.3) is 0 Å². The van der Waals surface area contributed by atoms with E-state index in [0.717, 1.165) is 12.5 Å². The molecule has 0 aliphatic carbocycles. The van der Waals surface area contributed by atoms with Crippen LogP contribution >= 0.6 is 12.2 Å². The lowest BCUT2D eigenvalue weighted by molar-refractivity contribution is -0.136. The van der Waals surface area contributed by atoms with Crippen LogP contribution in [0.1, 0.15) is 24.8 Å². The molecule has 3 rings (SSSR count). The van der Waals surface area contributed by atoms with Gasteiger partial charge in [0, 0.05) is 25.7 Å². The minimum absolute atomic E-state index is 0.0493. The zero-order valence-corrected chi connectivity index (χ0v) is 14.9. The second kappa shape index (κ2) is 7.69. The van der Waals surface area contributed by atoms with Gasteiger partial charge in [-0.15, -0.1) is 0 Å². The van der Waals surface area contributed by atoms with E-state index in [9.17, 15) is 18.0 Å². The number of anilines is 1. The quantitative estimate of drug-likeness (QED) is 0.784. The number of alkyl halides is 3. The Labute approximate surface area is 155 Å². The van der Waals surface area contributed by atoms with E-state index >= 15 is 0 Å². The van der Waals surface area contributed by atoms with Crippen LogP contribution in [0, 0.1) is 0 Å². The number of carbonyl (C=O) groups is 1. The molecule has 2 heterocycles. The number of hydrogen-bond donors (Lipinski definition) is 1. The molecule has 0 saturated carbocycles. The monoisotopic (exact) mass is 387 g/mol. The molecule has 9 heteroatoms. The smallest absolute Gasteiger partial charge is 0.418 e. The molecule has 142 valence electrons. The van der Waals surface area contributed by atoms with E-state index in [4.69, 9.17) is 17.0 Å². The van der Waals surface area contributed by atoms with Crippen LogP contribution < -0.4 is 5.32 Å². The third-order valence-electron chi connectivity index (χ3n) is 4.67. The minimum atomic E-state index is -4.44. The number of para-hydroxylation sites is 1. The molecule has 0 spiro atoms. The summed E-state index contributed by atoms with van der Waals surface area (Å²) in [6.45, 7) is 2.30. The van der Waals surface area contributed by atoms with Crippen molar-refractivity contribution < 1.29 is 22.7 Å².